The van der Waals surface area contributed by atoms with Crippen LogP contribution >= 0.6 is 0 Å². The maximum atomic E-state index is 11.7. The molecular formula is C12H19N5O3. The lowest BCUT2D eigenvalue weighted by Gasteiger charge is -2.26. The zero-order valence-electron chi connectivity index (χ0n) is 11.4. The predicted octanol–water partition coefficient (Wildman–Crippen LogP) is 0.258. The van der Waals surface area contributed by atoms with E-state index in [1.165, 1.54) is 0 Å². The van der Waals surface area contributed by atoms with Gasteiger partial charge >= 0.3 is 12.0 Å². The van der Waals surface area contributed by atoms with Crippen molar-refractivity contribution in [2.45, 2.75) is 38.3 Å². The molecule has 20 heavy (non-hydrogen) atoms. The Labute approximate surface area is 116 Å². The molecular weight excluding hydrogens is 262 g/mol. The number of hydrogen-bond donors (Lipinski definition) is 3. The first-order valence-electron chi connectivity index (χ1n) is 6.66. The third kappa shape index (κ3) is 3.69. The van der Waals surface area contributed by atoms with Crippen LogP contribution < -0.4 is 10.6 Å². The SMILES string of the molecule is Cn1cnnc1CNC(=O)NC1CCC(C(=O)O)CC1. The lowest BCUT2D eigenvalue weighted by molar-refractivity contribution is -0.142. The fraction of sp³-hybridized carbons (Fsp3) is 0.667. The van der Waals surface area contributed by atoms with Crippen molar-refractivity contribution < 1.29 is 14.7 Å². The van der Waals surface area contributed by atoms with Crippen LogP contribution in [0.3, 0.4) is 0 Å². The molecule has 0 spiro atoms. The Kier molecular flexibility index (Phi) is 4.54. The van der Waals surface area contributed by atoms with Crippen molar-refractivity contribution in [1.29, 1.82) is 0 Å². The maximum Gasteiger partial charge on any atom is 0.315 e. The van der Waals surface area contributed by atoms with Gasteiger partial charge in [0.1, 0.15) is 6.33 Å². The molecule has 0 bridgehead atoms. The number of carbonyl (C=O) groups excluding carboxylic acids is 1. The van der Waals surface area contributed by atoms with E-state index < -0.39 is 5.97 Å². The first-order chi connectivity index (χ1) is 9.56. The molecule has 8 nitrogen and oxygen atoms in total. The van der Waals surface area contributed by atoms with Crippen molar-refractivity contribution in [1.82, 2.24) is 25.4 Å². The third-order valence-corrected chi connectivity index (χ3v) is 3.62. The number of carbonyl (C=O) groups is 2. The zero-order valence-corrected chi connectivity index (χ0v) is 11.4. The highest BCUT2D eigenvalue weighted by atomic mass is 16.4. The average molecular weight is 281 g/mol. The minimum Gasteiger partial charge on any atom is -0.481 e. The molecule has 0 saturated heterocycles. The van der Waals surface area contributed by atoms with Crippen LogP contribution in [0.1, 0.15) is 31.5 Å². The Hall–Kier alpha value is -2.12. The summed E-state index contributed by atoms with van der Waals surface area (Å²) in [6.45, 7) is 0.312. The van der Waals surface area contributed by atoms with Crippen molar-refractivity contribution in [3.05, 3.63) is 12.2 Å². The monoisotopic (exact) mass is 281 g/mol. The van der Waals surface area contributed by atoms with Gasteiger partial charge in [0.05, 0.1) is 12.5 Å². The predicted molar refractivity (Wildman–Crippen MR) is 69.8 cm³/mol. The number of nitrogens with one attached hydrogen (secondary N) is 2. The van der Waals surface area contributed by atoms with Crippen LogP contribution in [0.15, 0.2) is 6.33 Å². The Morgan fingerprint density at radius 1 is 1.40 bits per heavy atom. The number of aromatic nitrogens is 3. The molecule has 1 aliphatic rings. The number of hydrogen-bond acceptors (Lipinski definition) is 4. The zero-order chi connectivity index (χ0) is 14.5. The highest BCUT2D eigenvalue weighted by Gasteiger charge is 2.26. The molecule has 8 heteroatoms. The Morgan fingerprint density at radius 2 is 2.10 bits per heavy atom. The van der Waals surface area contributed by atoms with Gasteiger partial charge in [0.15, 0.2) is 5.82 Å². The van der Waals surface area contributed by atoms with Gasteiger partial charge in [0.25, 0.3) is 0 Å². The van der Waals surface area contributed by atoms with Crippen molar-refractivity contribution in [3.63, 3.8) is 0 Å². The van der Waals surface area contributed by atoms with Gasteiger partial charge in [-0.25, -0.2) is 4.79 Å². The molecule has 2 rings (SSSR count). The summed E-state index contributed by atoms with van der Waals surface area (Å²) < 4.78 is 1.73. The third-order valence-electron chi connectivity index (χ3n) is 3.62. The summed E-state index contributed by atoms with van der Waals surface area (Å²) >= 11 is 0. The van der Waals surface area contributed by atoms with Gasteiger partial charge in [0, 0.05) is 13.1 Å². The largest absolute Gasteiger partial charge is 0.481 e. The average Bonchev–Trinajstić information content (AvgIpc) is 2.82. The van der Waals surface area contributed by atoms with Crippen LogP contribution in [0, 0.1) is 5.92 Å². The number of aryl methyl sites for hydroxylation is 1. The number of aliphatic carboxylic acids is 1. The summed E-state index contributed by atoms with van der Waals surface area (Å²) in [7, 11) is 1.81. The number of carboxylic acids is 1. The van der Waals surface area contributed by atoms with Crippen LogP contribution in [0.4, 0.5) is 4.79 Å². The molecule has 1 heterocycles. The number of carboxylic acid groups (broad SMARTS) is 1. The van der Waals surface area contributed by atoms with Crippen molar-refractivity contribution in [2.24, 2.45) is 13.0 Å². The van der Waals surface area contributed by atoms with E-state index in [0.29, 0.717) is 38.1 Å². The fourth-order valence-electron chi connectivity index (χ4n) is 2.35. The molecule has 0 aliphatic heterocycles. The second-order valence-electron chi connectivity index (χ2n) is 5.07. The summed E-state index contributed by atoms with van der Waals surface area (Å²) in [5.74, 6) is -0.334. The Balaban J connectivity index is 1.70. The minimum atomic E-state index is -0.741. The number of urea groups is 1. The van der Waals surface area contributed by atoms with Crippen molar-refractivity contribution in [3.8, 4) is 0 Å². The number of rotatable bonds is 4. The van der Waals surface area contributed by atoms with E-state index in [4.69, 9.17) is 5.11 Å². The Morgan fingerprint density at radius 3 is 2.65 bits per heavy atom. The number of amides is 2. The molecule has 1 fully saturated rings. The van der Waals surface area contributed by atoms with Crippen molar-refractivity contribution >= 4 is 12.0 Å². The molecule has 3 N–H and O–H groups in total. The molecule has 1 aromatic rings. The quantitative estimate of drug-likeness (QED) is 0.733. The van der Waals surface area contributed by atoms with Crippen LogP contribution in [-0.2, 0) is 18.4 Å². The topological polar surface area (TPSA) is 109 Å². The van der Waals surface area contributed by atoms with Gasteiger partial charge < -0.3 is 20.3 Å². The lowest BCUT2D eigenvalue weighted by atomic mass is 9.86. The molecule has 0 radical (unpaired) electrons. The molecule has 2 amide bonds. The summed E-state index contributed by atoms with van der Waals surface area (Å²) in [6.07, 6.45) is 4.21. The minimum absolute atomic E-state index is 0.0464. The van der Waals surface area contributed by atoms with E-state index in [1.807, 2.05) is 7.05 Å². The van der Waals surface area contributed by atoms with Gasteiger partial charge in [-0.1, -0.05) is 0 Å². The van der Waals surface area contributed by atoms with Gasteiger partial charge in [-0.3, -0.25) is 4.79 Å². The molecule has 1 saturated carbocycles. The fourth-order valence-corrected chi connectivity index (χ4v) is 2.35. The molecule has 1 aromatic heterocycles. The molecule has 0 unspecified atom stereocenters. The highest BCUT2D eigenvalue weighted by Crippen LogP contribution is 2.24. The summed E-state index contributed by atoms with van der Waals surface area (Å²) in [5.41, 5.74) is 0. The normalized spacial score (nSPS) is 22.2. The first kappa shape index (κ1) is 14.3. The second kappa shape index (κ2) is 6.36. The standard InChI is InChI=1S/C12H19N5O3/c1-17-7-14-16-10(17)6-13-12(20)15-9-4-2-8(3-5-9)11(18)19/h7-9H,2-6H2,1H3,(H,18,19)(H2,13,15,20). The van der Waals surface area contributed by atoms with Crippen LogP contribution in [0.2, 0.25) is 0 Å². The molecule has 0 aromatic carbocycles. The van der Waals surface area contributed by atoms with E-state index in [1.54, 1.807) is 10.9 Å². The van der Waals surface area contributed by atoms with Gasteiger partial charge in [-0.15, -0.1) is 10.2 Å². The second-order valence-corrected chi connectivity index (χ2v) is 5.07. The van der Waals surface area contributed by atoms with Gasteiger partial charge in [-0.2, -0.15) is 0 Å². The van der Waals surface area contributed by atoms with Gasteiger partial charge in [-0.05, 0) is 25.7 Å². The van der Waals surface area contributed by atoms with E-state index >= 15 is 0 Å². The molecule has 110 valence electrons. The van der Waals surface area contributed by atoms with Gasteiger partial charge in [0.2, 0.25) is 0 Å². The lowest BCUT2D eigenvalue weighted by Crippen LogP contribution is -2.44. The molecule has 0 atom stereocenters. The van der Waals surface area contributed by atoms with E-state index in [9.17, 15) is 9.59 Å². The van der Waals surface area contributed by atoms with Crippen LogP contribution in [0.5, 0.6) is 0 Å². The summed E-state index contributed by atoms with van der Waals surface area (Å²) in [4.78, 5) is 22.6. The summed E-state index contributed by atoms with van der Waals surface area (Å²) in [6, 6.07) is -0.211. The first-order valence-corrected chi connectivity index (χ1v) is 6.66. The number of nitrogens with zero attached hydrogens (tertiary/aromatic N) is 3. The smallest absolute Gasteiger partial charge is 0.315 e. The van der Waals surface area contributed by atoms with E-state index in [-0.39, 0.29) is 18.0 Å². The van der Waals surface area contributed by atoms with Crippen LogP contribution in [-0.4, -0.2) is 37.9 Å². The van der Waals surface area contributed by atoms with Crippen molar-refractivity contribution in [2.75, 3.05) is 0 Å². The molecule has 1 aliphatic carbocycles. The van der Waals surface area contributed by atoms with Crippen LogP contribution in [0.25, 0.3) is 0 Å². The Bertz CT molecular complexity index is 479. The van der Waals surface area contributed by atoms with E-state index in [2.05, 4.69) is 20.8 Å². The maximum absolute atomic E-state index is 11.7. The van der Waals surface area contributed by atoms with E-state index in [0.717, 1.165) is 0 Å². The highest BCUT2D eigenvalue weighted by molar-refractivity contribution is 5.74. The summed E-state index contributed by atoms with van der Waals surface area (Å²) in [5, 5.41) is 22.1.